The molecule has 1 N–H and O–H groups in total. The Morgan fingerprint density at radius 2 is 2.05 bits per heavy atom. The lowest BCUT2D eigenvalue weighted by atomic mass is 9.86. The van der Waals surface area contributed by atoms with E-state index in [9.17, 15) is 9.90 Å². The summed E-state index contributed by atoms with van der Waals surface area (Å²) in [6, 6.07) is 9.65. The number of rotatable bonds is 3. The van der Waals surface area contributed by atoms with Crippen LogP contribution in [0.1, 0.15) is 32.3 Å². The molecule has 104 valence electrons. The number of ether oxygens (including phenoxy) is 2. The van der Waals surface area contributed by atoms with Crippen LogP contribution in [-0.2, 0) is 14.3 Å². The van der Waals surface area contributed by atoms with E-state index in [-0.39, 0.29) is 18.5 Å². The highest BCUT2D eigenvalue weighted by Crippen LogP contribution is 2.42. The van der Waals surface area contributed by atoms with Crippen LogP contribution in [0.25, 0.3) is 0 Å². The molecule has 1 aromatic carbocycles. The Morgan fingerprint density at radius 3 is 2.47 bits per heavy atom. The van der Waals surface area contributed by atoms with Crippen LogP contribution in [-0.4, -0.2) is 30.1 Å². The van der Waals surface area contributed by atoms with Gasteiger partial charge >= 0.3 is 5.97 Å². The van der Waals surface area contributed by atoms with Gasteiger partial charge in [0.25, 0.3) is 0 Å². The van der Waals surface area contributed by atoms with E-state index < -0.39 is 11.2 Å². The second-order valence-corrected chi connectivity index (χ2v) is 5.88. The normalized spacial score (nSPS) is 26.6. The first-order chi connectivity index (χ1) is 8.89. The molecule has 1 saturated heterocycles. The van der Waals surface area contributed by atoms with Gasteiger partial charge in [0.2, 0.25) is 5.79 Å². The number of aliphatic hydroxyl groups is 1. The van der Waals surface area contributed by atoms with E-state index in [1.165, 1.54) is 0 Å². The van der Waals surface area contributed by atoms with Gasteiger partial charge in [0, 0.05) is 0 Å². The summed E-state index contributed by atoms with van der Waals surface area (Å²) in [5, 5.41) is 9.58. The zero-order chi connectivity index (χ0) is 14.1. The number of carbonyl (C=O) groups excluding carboxylic acids is 1. The molecule has 1 heterocycles. The molecule has 0 aromatic heterocycles. The molecular formula is C15H20O4. The Morgan fingerprint density at radius 1 is 1.42 bits per heavy atom. The molecule has 0 saturated carbocycles. The van der Waals surface area contributed by atoms with Gasteiger partial charge in [0.05, 0.1) is 17.9 Å². The summed E-state index contributed by atoms with van der Waals surface area (Å²) < 4.78 is 10.9. The van der Waals surface area contributed by atoms with E-state index in [2.05, 4.69) is 0 Å². The predicted molar refractivity (Wildman–Crippen MR) is 70.5 cm³/mol. The summed E-state index contributed by atoms with van der Waals surface area (Å²) in [5.41, 5.74) is 0.382. The highest BCUT2D eigenvalue weighted by molar-refractivity contribution is 5.76. The number of carbonyl (C=O) groups is 1. The lowest BCUT2D eigenvalue weighted by Gasteiger charge is -2.47. The van der Waals surface area contributed by atoms with Gasteiger partial charge in [0.1, 0.15) is 6.61 Å². The van der Waals surface area contributed by atoms with Crippen molar-refractivity contribution in [2.45, 2.75) is 32.5 Å². The zero-order valence-electron chi connectivity index (χ0n) is 11.6. The second kappa shape index (κ2) is 4.94. The summed E-state index contributed by atoms with van der Waals surface area (Å²) >= 11 is 0. The molecule has 1 aliphatic rings. The van der Waals surface area contributed by atoms with Gasteiger partial charge < -0.3 is 14.6 Å². The van der Waals surface area contributed by atoms with Gasteiger partial charge in [-0.25, -0.2) is 0 Å². The first-order valence-corrected chi connectivity index (χ1v) is 6.42. The fourth-order valence-corrected chi connectivity index (χ4v) is 1.99. The van der Waals surface area contributed by atoms with Crippen molar-refractivity contribution in [3.63, 3.8) is 0 Å². The van der Waals surface area contributed by atoms with Crippen LogP contribution in [0, 0.1) is 5.41 Å². The van der Waals surface area contributed by atoms with Crippen LogP contribution in [0.4, 0.5) is 0 Å². The number of hydrogen-bond acceptors (Lipinski definition) is 4. The van der Waals surface area contributed by atoms with Crippen molar-refractivity contribution in [2.75, 3.05) is 13.2 Å². The molecule has 0 radical (unpaired) electrons. The molecule has 1 fully saturated rings. The van der Waals surface area contributed by atoms with Crippen molar-refractivity contribution in [1.82, 2.24) is 0 Å². The predicted octanol–water partition coefficient (Wildman–Crippen LogP) is 2.08. The molecular weight excluding hydrogens is 244 g/mol. The highest BCUT2D eigenvalue weighted by Gasteiger charge is 2.53. The Hall–Kier alpha value is -1.39. The van der Waals surface area contributed by atoms with Crippen molar-refractivity contribution >= 4 is 5.97 Å². The molecule has 4 heteroatoms. The average Bonchev–Trinajstić information content (AvgIpc) is 2.34. The van der Waals surface area contributed by atoms with Crippen LogP contribution >= 0.6 is 0 Å². The van der Waals surface area contributed by atoms with Crippen LogP contribution in [0.5, 0.6) is 0 Å². The summed E-state index contributed by atoms with van der Waals surface area (Å²) in [4.78, 5) is 12.0. The van der Waals surface area contributed by atoms with Crippen LogP contribution in [0.2, 0.25) is 0 Å². The first kappa shape index (κ1) is 14.0. The average molecular weight is 264 g/mol. The van der Waals surface area contributed by atoms with Gasteiger partial charge in [-0.15, -0.1) is 0 Å². The monoisotopic (exact) mass is 264 g/mol. The van der Waals surface area contributed by atoms with E-state index in [1.807, 2.05) is 30.3 Å². The van der Waals surface area contributed by atoms with Crippen molar-refractivity contribution < 1.29 is 19.4 Å². The summed E-state index contributed by atoms with van der Waals surface area (Å²) in [7, 11) is 0. The molecule has 0 spiro atoms. The molecule has 19 heavy (non-hydrogen) atoms. The van der Waals surface area contributed by atoms with E-state index in [4.69, 9.17) is 9.47 Å². The molecule has 1 aromatic rings. The van der Waals surface area contributed by atoms with Gasteiger partial charge in [-0.2, -0.15) is 0 Å². The maximum absolute atomic E-state index is 12.0. The minimum atomic E-state index is -1.23. The van der Waals surface area contributed by atoms with Crippen molar-refractivity contribution in [3.05, 3.63) is 35.9 Å². The maximum atomic E-state index is 12.0. The van der Waals surface area contributed by atoms with Gasteiger partial charge in [-0.05, 0) is 26.3 Å². The smallest absolute Gasteiger partial charge is 0.313 e. The summed E-state index contributed by atoms with van der Waals surface area (Å²) in [6.45, 7) is 5.43. The highest BCUT2D eigenvalue weighted by atomic mass is 16.7. The van der Waals surface area contributed by atoms with Crippen LogP contribution in [0.3, 0.4) is 0 Å². The van der Waals surface area contributed by atoms with Crippen LogP contribution < -0.4 is 0 Å². The van der Waals surface area contributed by atoms with E-state index in [1.54, 1.807) is 20.8 Å². The Labute approximate surface area is 113 Å². The first-order valence-electron chi connectivity index (χ1n) is 6.42. The third kappa shape index (κ3) is 2.65. The molecule has 2 rings (SSSR count). The van der Waals surface area contributed by atoms with Crippen molar-refractivity contribution in [1.29, 1.82) is 0 Å². The fourth-order valence-electron chi connectivity index (χ4n) is 1.99. The Kier molecular flexibility index (Phi) is 3.65. The minimum Gasteiger partial charge on any atom is -0.429 e. The minimum absolute atomic E-state index is 0.120. The number of aliphatic hydroxyl groups excluding tert-OH is 1. The zero-order valence-corrected chi connectivity index (χ0v) is 11.6. The lowest BCUT2D eigenvalue weighted by Crippen LogP contribution is -2.58. The number of benzene rings is 1. The molecule has 4 nitrogen and oxygen atoms in total. The third-order valence-electron chi connectivity index (χ3n) is 3.33. The van der Waals surface area contributed by atoms with E-state index in [0.29, 0.717) is 6.61 Å². The molecule has 2 atom stereocenters. The van der Waals surface area contributed by atoms with Gasteiger partial charge in [-0.3, -0.25) is 4.79 Å². The van der Waals surface area contributed by atoms with Gasteiger partial charge in [0.15, 0.2) is 0 Å². The number of hydrogen-bond donors (Lipinski definition) is 1. The second-order valence-electron chi connectivity index (χ2n) is 5.88. The third-order valence-corrected chi connectivity index (χ3v) is 3.33. The topological polar surface area (TPSA) is 55.8 Å². The SMILES string of the molecule is CC(C)(C)C(=O)OC1(CO)OCC1c1ccccc1. The maximum Gasteiger partial charge on any atom is 0.313 e. The van der Waals surface area contributed by atoms with Crippen LogP contribution in [0.15, 0.2) is 30.3 Å². The molecule has 0 bridgehead atoms. The van der Waals surface area contributed by atoms with Crippen molar-refractivity contribution in [3.8, 4) is 0 Å². The van der Waals surface area contributed by atoms with Crippen molar-refractivity contribution in [2.24, 2.45) is 5.41 Å². The molecule has 0 amide bonds. The van der Waals surface area contributed by atoms with E-state index >= 15 is 0 Å². The van der Waals surface area contributed by atoms with Gasteiger partial charge in [-0.1, -0.05) is 30.3 Å². The fraction of sp³-hybridized carbons (Fsp3) is 0.533. The quantitative estimate of drug-likeness (QED) is 0.849. The lowest BCUT2D eigenvalue weighted by molar-refractivity contribution is -0.323. The Balaban J connectivity index is 2.18. The summed E-state index contributed by atoms with van der Waals surface area (Å²) in [5.74, 6) is -1.72. The Bertz CT molecular complexity index is 445. The summed E-state index contributed by atoms with van der Waals surface area (Å²) in [6.07, 6.45) is 0. The number of esters is 1. The molecule has 1 aliphatic heterocycles. The standard InChI is InChI=1S/C15H20O4/c1-14(2,3)13(17)19-15(10-16)12(9-18-15)11-7-5-4-6-8-11/h4-8,12,16H,9-10H2,1-3H3. The molecule has 0 aliphatic carbocycles. The van der Waals surface area contributed by atoms with E-state index in [0.717, 1.165) is 5.56 Å². The largest absolute Gasteiger partial charge is 0.429 e. The molecule has 2 unspecified atom stereocenters.